The lowest BCUT2D eigenvalue weighted by atomic mass is 10.1. The van der Waals surface area contributed by atoms with Gasteiger partial charge < -0.3 is 15.1 Å². The Morgan fingerprint density at radius 2 is 2.30 bits per heavy atom. The van der Waals surface area contributed by atoms with E-state index in [2.05, 4.69) is 11.8 Å². The fourth-order valence-electron chi connectivity index (χ4n) is 2.08. The second-order valence-corrected chi connectivity index (χ2v) is 4.66. The molecule has 0 saturated carbocycles. The van der Waals surface area contributed by atoms with Crippen molar-refractivity contribution in [3.8, 4) is 11.8 Å². The highest BCUT2D eigenvalue weighted by Gasteiger charge is 2.26. The van der Waals surface area contributed by atoms with Gasteiger partial charge in [-0.25, -0.2) is 4.39 Å². The molecule has 1 aromatic carbocycles. The van der Waals surface area contributed by atoms with Gasteiger partial charge in [0.2, 0.25) is 0 Å². The molecule has 1 saturated heterocycles. The van der Waals surface area contributed by atoms with Gasteiger partial charge >= 0.3 is 0 Å². The van der Waals surface area contributed by atoms with E-state index in [-0.39, 0.29) is 18.7 Å². The van der Waals surface area contributed by atoms with Crippen LogP contribution in [0.4, 0.5) is 4.39 Å². The first-order valence-electron chi connectivity index (χ1n) is 6.48. The van der Waals surface area contributed by atoms with E-state index in [1.165, 1.54) is 17.0 Å². The number of β-amino-alcohol motifs (C(OH)–C–C–N with tert-alkyl or cyclic N) is 1. The highest BCUT2D eigenvalue weighted by Crippen LogP contribution is 2.17. The van der Waals surface area contributed by atoms with Crippen molar-refractivity contribution in [2.45, 2.75) is 18.9 Å². The van der Waals surface area contributed by atoms with E-state index in [0.29, 0.717) is 24.9 Å². The van der Waals surface area contributed by atoms with E-state index in [0.717, 1.165) is 0 Å². The molecule has 1 aliphatic heterocycles. The quantitative estimate of drug-likeness (QED) is 0.785. The number of hydrogen-bond acceptors (Lipinski definition) is 3. The highest BCUT2D eigenvalue weighted by molar-refractivity contribution is 5.94. The van der Waals surface area contributed by atoms with Crippen molar-refractivity contribution >= 4 is 5.91 Å². The molecule has 1 amide bonds. The second kappa shape index (κ2) is 6.51. The van der Waals surface area contributed by atoms with Crippen LogP contribution in [-0.2, 0) is 0 Å². The molecule has 106 valence electrons. The minimum atomic E-state index is -0.618. The Kier molecular flexibility index (Phi) is 4.72. The summed E-state index contributed by atoms with van der Waals surface area (Å²) in [4.78, 5) is 13.5. The summed E-state index contributed by atoms with van der Waals surface area (Å²) in [6.07, 6.45) is 0.331. The zero-order chi connectivity index (χ0) is 14.5. The minimum Gasteiger partial charge on any atom is -0.395 e. The SMILES string of the molecule is O=C(c1ccc(C#CCCO)cc1F)N1CCC(O)C1. The van der Waals surface area contributed by atoms with E-state index < -0.39 is 17.8 Å². The largest absolute Gasteiger partial charge is 0.395 e. The Balaban J connectivity index is 2.14. The average Bonchev–Trinajstić information content (AvgIpc) is 2.85. The molecule has 1 fully saturated rings. The lowest BCUT2D eigenvalue weighted by Crippen LogP contribution is -2.30. The Labute approximate surface area is 116 Å². The molecule has 1 unspecified atom stereocenters. The van der Waals surface area contributed by atoms with Gasteiger partial charge in [-0.15, -0.1) is 0 Å². The van der Waals surface area contributed by atoms with Crippen molar-refractivity contribution in [3.63, 3.8) is 0 Å². The third-order valence-corrected chi connectivity index (χ3v) is 3.12. The van der Waals surface area contributed by atoms with Gasteiger partial charge in [0, 0.05) is 25.1 Å². The minimum absolute atomic E-state index is 0.00759. The van der Waals surface area contributed by atoms with Crippen LogP contribution in [0.25, 0.3) is 0 Å². The molecule has 0 aromatic heterocycles. The number of carbonyl (C=O) groups is 1. The molecule has 1 aliphatic rings. The lowest BCUT2D eigenvalue weighted by Gasteiger charge is -2.15. The number of hydrogen-bond donors (Lipinski definition) is 2. The van der Waals surface area contributed by atoms with Crippen molar-refractivity contribution in [2.24, 2.45) is 0 Å². The van der Waals surface area contributed by atoms with Gasteiger partial charge in [0.05, 0.1) is 18.3 Å². The van der Waals surface area contributed by atoms with E-state index in [9.17, 15) is 14.3 Å². The van der Waals surface area contributed by atoms with Crippen LogP contribution in [0.1, 0.15) is 28.8 Å². The Morgan fingerprint density at radius 1 is 1.50 bits per heavy atom. The van der Waals surface area contributed by atoms with Gasteiger partial charge in [-0.3, -0.25) is 4.79 Å². The first-order chi connectivity index (χ1) is 9.61. The van der Waals surface area contributed by atoms with Crippen LogP contribution in [-0.4, -0.2) is 46.8 Å². The van der Waals surface area contributed by atoms with Gasteiger partial charge in [0.1, 0.15) is 5.82 Å². The summed E-state index contributed by atoms with van der Waals surface area (Å²) in [5, 5.41) is 18.0. The summed E-state index contributed by atoms with van der Waals surface area (Å²) in [5.74, 6) is 4.38. The van der Waals surface area contributed by atoms with Gasteiger partial charge in [0.15, 0.2) is 0 Å². The molecular formula is C15H16FNO3. The molecular weight excluding hydrogens is 261 g/mol. The summed E-state index contributed by atoms with van der Waals surface area (Å²) in [7, 11) is 0. The zero-order valence-corrected chi connectivity index (χ0v) is 11.0. The number of rotatable bonds is 2. The number of likely N-dealkylation sites (tertiary alicyclic amines) is 1. The predicted molar refractivity (Wildman–Crippen MR) is 71.5 cm³/mol. The third kappa shape index (κ3) is 3.35. The van der Waals surface area contributed by atoms with Crippen LogP contribution in [0.15, 0.2) is 18.2 Å². The lowest BCUT2D eigenvalue weighted by molar-refractivity contribution is 0.0760. The van der Waals surface area contributed by atoms with Crippen LogP contribution in [0, 0.1) is 17.7 Å². The van der Waals surface area contributed by atoms with Gasteiger partial charge in [0.25, 0.3) is 5.91 Å². The number of nitrogens with zero attached hydrogens (tertiary/aromatic N) is 1. The van der Waals surface area contributed by atoms with E-state index in [1.54, 1.807) is 6.07 Å². The number of halogens is 1. The van der Waals surface area contributed by atoms with E-state index in [4.69, 9.17) is 5.11 Å². The normalized spacial score (nSPS) is 17.8. The summed E-state index contributed by atoms with van der Waals surface area (Å²) in [6, 6.07) is 4.20. The molecule has 2 rings (SSSR count). The fourth-order valence-corrected chi connectivity index (χ4v) is 2.08. The van der Waals surface area contributed by atoms with Gasteiger partial charge in [-0.05, 0) is 24.6 Å². The molecule has 20 heavy (non-hydrogen) atoms. The summed E-state index contributed by atoms with van der Waals surface area (Å²) >= 11 is 0. The Bertz CT molecular complexity index is 562. The third-order valence-electron chi connectivity index (χ3n) is 3.12. The number of amides is 1. The van der Waals surface area contributed by atoms with Crippen molar-refractivity contribution in [3.05, 3.63) is 35.1 Å². The van der Waals surface area contributed by atoms with Crippen LogP contribution >= 0.6 is 0 Å². The first kappa shape index (κ1) is 14.5. The molecule has 1 heterocycles. The maximum Gasteiger partial charge on any atom is 0.256 e. The number of aliphatic hydroxyl groups excluding tert-OH is 2. The molecule has 1 aromatic rings. The summed E-state index contributed by atoms with van der Waals surface area (Å²) in [5.41, 5.74) is 0.459. The van der Waals surface area contributed by atoms with Crippen LogP contribution in [0.2, 0.25) is 0 Å². The molecule has 5 heteroatoms. The average molecular weight is 277 g/mol. The second-order valence-electron chi connectivity index (χ2n) is 4.66. The fraction of sp³-hybridized carbons (Fsp3) is 0.400. The van der Waals surface area contributed by atoms with Gasteiger partial charge in [-0.1, -0.05) is 11.8 Å². The molecule has 0 radical (unpaired) electrons. The first-order valence-corrected chi connectivity index (χ1v) is 6.48. The summed E-state index contributed by atoms with van der Waals surface area (Å²) < 4.78 is 13.9. The van der Waals surface area contributed by atoms with Crippen LogP contribution < -0.4 is 0 Å². The molecule has 4 nitrogen and oxygen atoms in total. The number of benzene rings is 1. The standard InChI is InChI=1S/C15H16FNO3/c16-14-9-11(3-1-2-8-18)4-5-13(14)15(20)17-7-6-12(19)10-17/h4-5,9,12,18-19H,2,6-8,10H2. The monoisotopic (exact) mass is 277 g/mol. The molecule has 2 N–H and O–H groups in total. The molecule has 0 bridgehead atoms. The topological polar surface area (TPSA) is 60.8 Å². The maximum atomic E-state index is 13.9. The zero-order valence-electron chi connectivity index (χ0n) is 11.0. The van der Waals surface area contributed by atoms with Crippen molar-refractivity contribution < 1.29 is 19.4 Å². The smallest absolute Gasteiger partial charge is 0.256 e. The van der Waals surface area contributed by atoms with E-state index >= 15 is 0 Å². The van der Waals surface area contributed by atoms with Crippen LogP contribution in [0.3, 0.4) is 0 Å². The highest BCUT2D eigenvalue weighted by atomic mass is 19.1. The summed E-state index contributed by atoms with van der Waals surface area (Å²) in [6.45, 7) is 0.650. The predicted octanol–water partition coefficient (Wildman–Crippen LogP) is 0.766. The molecule has 0 spiro atoms. The van der Waals surface area contributed by atoms with Crippen molar-refractivity contribution in [1.29, 1.82) is 0 Å². The molecule has 0 aliphatic carbocycles. The molecule has 1 atom stereocenters. The maximum absolute atomic E-state index is 13.9. The van der Waals surface area contributed by atoms with Crippen molar-refractivity contribution in [2.75, 3.05) is 19.7 Å². The number of aliphatic hydroxyl groups is 2. The Morgan fingerprint density at radius 3 is 2.90 bits per heavy atom. The van der Waals surface area contributed by atoms with Gasteiger partial charge in [-0.2, -0.15) is 0 Å². The van der Waals surface area contributed by atoms with E-state index in [1.807, 2.05) is 0 Å². The van der Waals surface area contributed by atoms with Crippen LogP contribution in [0.5, 0.6) is 0 Å². The number of carbonyl (C=O) groups excluding carboxylic acids is 1. The van der Waals surface area contributed by atoms with Crippen molar-refractivity contribution in [1.82, 2.24) is 4.90 Å². The Hall–Kier alpha value is -1.90.